The van der Waals surface area contributed by atoms with Crippen molar-refractivity contribution in [1.82, 2.24) is 0 Å². The van der Waals surface area contributed by atoms with Crippen LogP contribution in [0.3, 0.4) is 0 Å². The van der Waals surface area contributed by atoms with E-state index < -0.39 is 12.1 Å². The number of carbonyl (C=O) groups is 1. The van der Waals surface area contributed by atoms with Crippen LogP contribution in [0, 0.1) is 34.5 Å². The van der Waals surface area contributed by atoms with E-state index in [9.17, 15) is 20.3 Å². The molecule has 0 aromatic heterocycles. The monoisotopic (exact) mass is 393 g/mol. The normalized spacial score (nSPS) is 29.8. The molecule has 1 unspecified atom stereocenters. The van der Waals surface area contributed by atoms with Crippen molar-refractivity contribution in [2.24, 2.45) is 23.2 Å². The van der Waals surface area contributed by atoms with Crippen molar-refractivity contribution in [2.45, 2.75) is 109 Å². The fourth-order valence-corrected chi connectivity index (χ4v) is 5.58. The summed E-state index contributed by atoms with van der Waals surface area (Å²) in [6.07, 6.45) is 11.9. The number of hydrogen-bond acceptors (Lipinski definition) is 4. The minimum absolute atomic E-state index is 0.0717. The third-order valence-electron chi connectivity index (χ3n) is 7.68. The van der Waals surface area contributed by atoms with Gasteiger partial charge >= 0.3 is 5.97 Å². The van der Waals surface area contributed by atoms with Crippen molar-refractivity contribution in [2.75, 3.05) is 0 Å². The topological polar surface area (TPSA) is 102 Å². The first-order valence-electron chi connectivity index (χ1n) is 11.4. The van der Waals surface area contributed by atoms with Gasteiger partial charge in [-0.1, -0.05) is 39.0 Å². The number of carboxylic acids is 1. The number of nitriles is 1. The molecule has 0 radical (unpaired) electrons. The number of nitrogens with zero attached hydrogens (tertiary/aromatic N) is 1. The molecule has 2 saturated carbocycles. The molecule has 0 bridgehead atoms. The molecule has 3 N–H and O–H groups in total. The van der Waals surface area contributed by atoms with Crippen molar-refractivity contribution in [3.8, 4) is 6.07 Å². The zero-order chi connectivity index (χ0) is 20.6. The van der Waals surface area contributed by atoms with Crippen LogP contribution in [0.2, 0.25) is 0 Å². The first kappa shape index (κ1) is 23.2. The van der Waals surface area contributed by atoms with Gasteiger partial charge in [0.1, 0.15) is 0 Å². The van der Waals surface area contributed by atoms with Crippen molar-refractivity contribution >= 4 is 5.97 Å². The Morgan fingerprint density at radius 1 is 1.14 bits per heavy atom. The summed E-state index contributed by atoms with van der Waals surface area (Å²) in [6, 6.07) is 2.41. The summed E-state index contributed by atoms with van der Waals surface area (Å²) in [7, 11) is 0. The smallest absolute Gasteiger partial charge is 0.303 e. The number of carboxylic acid groups (broad SMARTS) is 1. The SMILES string of the molecule is CCC1(C(O)CCC[C@@H]2[C@@H](CCCCCCC(=O)O)[C@@H](C#N)C[C@H]2O)CCC1. The molecule has 0 amide bonds. The molecule has 2 aliphatic rings. The lowest BCUT2D eigenvalue weighted by atomic mass is 9.62. The molecule has 0 aromatic carbocycles. The summed E-state index contributed by atoms with van der Waals surface area (Å²) in [4.78, 5) is 10.6. The van der Waals surface area contributed by atoms with Gasteiger partial charge in [0.05, 0.1) is 24.2 Å². The van der Waals surface area contributed by atoms with Crippen LogP contribution in [-0.4, -0.2) is 33.5 Å². The fraction of sp³-hybridized carbons (Fsp3) is 0.913. The van der Waals surface area contributed by atoms with Gasteiger partial charge in [0, 0.05) is 6.42 Å². The van der Waals surface area contributed by atoms with Crippen LogP contribution in [0.1, 0.15) is 96.8 Å². The van der Waals surface area contributed by atoms with Gasteiger partial charge in [0.2, 0.25) is 0 Å². The first-order chi connectivity index (χ1) is 13.4. The summed E-state index contributed by atoms with van der Waals surface area (Å²) in [5, 5.41) is 39.3. The van der Waals surface area contributed by atoms with Crippen molar-refractivity contribution < 1.29 is 20.1 Å². The lowest BCUT2D eigenvalue weighted by molar-refractivity contribution is -0.137. The van der Waals surface area contributed by atoms with E-state index in [2.05, 4.69) is 13.0 Å². The molecule has 160 valence electrons. The number of aliphatic carboxylic acids is 1. The highest BCUT2D eigenvalue weighted by Gasteiger charge is 2.43. The molecule has 2 aliphatic carbocycles. The third kappa shape index (κ3) is 5.94. The van der Waals surface area contributed by atoms with Gasteiger partial charge in [-0.2, -0.15) is 5.26 Å². The van der Waals surface area contributed by atoms with E-state index in [4.69, 9.17) is 5.11 Å². The summed E-state index contributed by atoms with van der Waals surface area (Å²) in [6.45, 7) is 2.17. The second-order valence-corrected chi connectivity index (χ2v) is 9.23. The fourth-order valence-electron chi connectivity index (χ4n) is 5.58. The van der Waals surface area contributed by atoms with E-state index in [1.54, 1.807) is 0 Å². The second kappa shape index (κ2) is 11.2. The largest absolute Gasteiger partial charge is 0.481 e. The van der Waals surface area contributed by atoms with Crippen LogP contribution >= 0.6 is 0 Å². The zero-order valence-electron chi connectivity index (χ0n) is 17.5. The van der Waals surface area contributed by atoms with Gasteiger partial charge in [0.15, 0.2) is 0 Å². The van der Waals surface area contributed by atoms with Crippen molar-refractivity contribution in [3.05, 3.63) is 0 Å². The van der Waals surface area contributed by atoms with Crippen LogP contribution < -0.4 is 0 Å². The molecule has 0 heterocycles. The standard InChI is InChI=1S/C23H39NO4/c1-2-23(13-8-14-23)21(26)11-7-10-19-18(17(16-24)15-20(19)25)9-5-3-4-6-12-22(27)28/h17-21,25-26H,2-15H2,1H3,(H,27,28)/t17-,18+,19-,20-,21?/m1/s1. The Labute approximate surface area is 170 Å². The van der Waals surface area contributed by atoms with Gasteiger partial charge in [-0.25, -0.2) is 0 Å². The predicted octanol–water partition coefficient (Wildman–Crippen LogP) is 4.66. The quantitative estimate of drug-likeness (QED) is 0.395. The third-order valence-corrected chi connectivity index (χ3v) is 7.68. The van der Waals surface area contributed by atoms with Gasteiger partial charge in [-0.15, -0.1) is 0 Å². The van der Waals surface area contributed by atoms with Crippen molar-refractivity contribution in [3.63, 3.8) is 0 Å². The molecule has 5 atom stereocenters. The van der Waals surface area contributed by atoms with Crippen LogP contribution in [0.25, 0.3) is 0 Å². The van der Waals surface area contributed by atoms with Gasteiger partial charge in [0.25, 0.3) is 0 Å². The van der Waals surface area contributed by atoms with E-state index >= 15 is 0 Å². The average Bonchev–Trinajstić information content (AvgIpc) is 2.92. The van der Waals surface area contributed by atoms with E-state index in [-0.39, 0.29) is 35.7 Å². The summed E-state index contributed by atoms with van der Waals surface area (Å²) >= 11 is 0. The van der Waals surface area contributed by atoms with Gasteiger partial charge in [-0.05, 0) is 68.6 Å². The number of hydrogen-bond donors (Lipinski definition) is 3. The average molecular weight is 394 g/mol. The van der Waals surface area contributed by atoms with Gasteiger partial charge in [-0.3, -0.25) is 4.79 Å². The summed E-state index contributed by atoms with van der Waals surface area (Å²) < 4.78 is 0. The predicted molar refractivity (Wildman–Crippen MR) is 108 cm³/mol. The number of unbranched alkanes of at least 4 members (excludes halogenated alkanes) is 3. The number of aliphatic hydroxyl groups excluding tert-OH is 2. The van der Waals surface area contributed by atoms with E-state index in [0.29, 0.717) is 12.8 Å². The minimum Gasteiger partial charge on any atom is -0.481 e. The molecular weight excluding hydrogens is 354 g/mol. The zero-order valence-corrected chi connectivity index (χ0v) is 17.5. The number of aliphatic hydroxyl groups is 2. The second-order valence-electron chi connectivity index (χ2n) is 9.23. The first-order valence-corrected chi connectivity index (χ1v) is 11.4. The lowest BCUT2D eigenvalue weighted by Crippen LogP contribution is -2.40. The summed E-state index contributed by atoms with van der Waals surface area (Å²) in [5.41, 5.74) is 0.138. The molecule has 28 heavy (non-hydrogen) atoms. The van der Waals surface area contributed by atoms with Crippen molar-refractivity contribution in [1.29, 1.82) is 5.26 Å². The Morgan fingerprint density at radius 2 is 1.82 bits per heavy atom. The molecule has 0 aromatic rings. The van der Waals surface area contributed by atoms with Gasteiger partial charge < -0.3 is 15.3 Å². The van der Waals surface area contributed by atoms with Crippen LogP contribution in [0.5, 0.6) is 0 Å². The maximum Gasteiger partial charge on any atom is 0.303 e. The van der Waals surface area contributed by atoms with E-state index in [1.807, 2.05) is 0 Å². The molecule has 5 nitrogen and oxygen atoms in total. The Kier molecular flexibility index (Phi) is 9.24. The molecule has 0 aliphatic heterocycles. The Balaban J connectivity index is 1.76. The molecule has 0 saturated heterocycles. The highest BCUT2D eigenvalue weighted by atomic mass is 16.4. The maximum absolute atomic E-state index is 10.6. The molecular formula is C23H39NO4. The molecule has 2 rings (SSSR count). The molecule has 5 heteroatoms. The Morgan fingerprint density at radius 3 is 2.39 bits per heavy atom. The Bertz CT molecular complexity index is 520. The highest BCUT2D eigenvalue weighted by molar-refractivity contribution is 5.66. The van der Waals surface area contributed by atoms with Crippen LogP contribution in [-0.2, 0) is 4.79 Å². The highest BCUT2D eigenvalue weighted by Crippen LogP contribution is 2.48. The van der Waals surface area contributed by atoms with Crippen LogP contribution in [0.4, 0.5) is 0 Å². The molecule has 2 fully saturated rings. The van der Waals surface area contributed by atoms with Crippen LogP contribution in [0.15, 0.2) is 0 Å². The van der Waals surface area contributed by atoms with E-state index in [0.717, 1.165) is 64.2 Å². The molecule has 0 spiro atoms. The van der Waals surface area contributed by atoms with E-state index in [1.165, 1.54) is 6.42 Å². The summed E-state index contributed by atoms with van der Waals surface area (Å²) in [5.74, 6) is -0.412. The number of rotatable bonds is 13. The minimum atomic E-state index is -0.738. The maximum atomic E-state index is 10.6. The Hall–Kier alpha value is -1.12. The lowest BCUT2D eigenvalue weighted by Gasteiger charge is -2.45.